The maximum absolute atomic E-state index is 10.2. The fourth-order valence-electron chi connectivity index (χ4n) is 3.44. The number of aryl methyl sites for hydroxylation is 2. The summed E-state index contributed by atoms with van der Waals surface area (Å²) in [4.78, 5) is 0. The first-order valence-electron chi connectivity index (χ1n) is 10.7. The molecule has 1 aromatic rings. The van der Waals surface area contributed by atoms with Crippen molar-refractivity contribution < 1.29 is 15.3 Å². The molecule has 1 rings (SSSR count). The van der Waals surface area contributed by atoms with Gasteiger partial charge in [-0.3, -0.25) is 0 Å². The third kappa shape index (κ3) is 9.39. The summed E-state index contributed by atoms with van der Waals surface area (Å²) in [5.74, 6) is -0.663. The van der Waals surface area contributed by atoms with Gasteiger partial charge < -0.3 is 15.3 Å². The number of hydrogen-bond donors (Lipinski definition) is 3. The van der Waals surface area contributed by atoms with Crippen LogP contribution in [0.15, 0.2) is 6.07 Å². The molecule has 0 aliphatic carbocycles. The number of phenolic OH excluding ortho intramolecular Hbond substituents is 3. The summed E-state index contributed by atoms with van der Waals surface area (Å²) in [6.07, 6.45) is 10.4. The van der Waals surface area contributed by atoms with E-state index >= 15 is 0 Å². The Bertz CT molecular complexity index is 577. The topological polar surface area (TPSA) is 60.7 Å². The van der Waals surface area contributed by atoms with Crippen LogP contribution >= 0.6 is 0 Å². The highest BCUT2D eigenvalue weighted by Gasteiger charge is 2.17. The quantitative estimate of drug-likeness (QED) is 0.300. The van der Waals surface area contributed by atoms with Gasteiger partial charge in [0.05, 0.1) is 0 Å². The molecule has 0 atom stereocenters. The van der Waals surface area contributed by atoms with Crippen molar-refractivity contribution in [3.63, 3.8) is 0 Å². The van der Waals surface area contributed by atoms with E-state index in [-0.39, 0.29) is 17.2 Å². The molecule has 3 heteroatoms. The minimum Gasteiger partial charge on any atom is -0.504 e. The predicted octanol–water partition coefficient (Wildman–Crippen LogP) is 7.10. The number of rotatable bonds is 10. The van der Waals surface area contributed by atoms with Crippen LogP contribution in [0.3, 0.4) is 0 Å². The van der Waals surface area contributed by atoms with Gasteiger partial charge in [0.2, 0.25) is 5.75 Å². The largest absolute Gasteiger partial charge is 0.504 e. The van der Waals surface area contributed by atoms with E-state index in [1.165, 1.54) is 19.3 Å². The van der Waals surface area contributed by atoms with Crippen molar-refractivity contribution in [3.05, 3.63) is 17.2 Å². The molecule has 0 fully saturated rings. The van der Waals surface area contributed by atoms with Crippen molar-refractivity contribution in [2.24, 2.45) is 10.8 Å². The number of aromatic hydroxyl groups is 3. The fraction of sp³-hybridized carbons (Fsp3) is 0.750. The van der Waals surface area contributed by atoms with Crippen molar-refractivity contribution in [3.8, 4) is 17.2 Å². The smallest absolute Gasteiger partial charge is 0.200 e. The Morgan fingerprint density at radius 3 is 1.37 bits per heavy atom. The molecular formula is C24H42O3. The third-order valence-electron chi connectivity index (χ3n) is 5.15. The lowest BCUT2D eigenvalue weighted by molar-refractivity contribution is 0.353. The number of unbranched alkanes of at least 4 members (excludes halogenated alkanes) is 4. The zero-order valence-corrected chi connectivity index (χ0v) is 18.5. The molecule has 3 nitrogen and oxygen atoms in total. The van der Waals surface area contributed by atoms with Gasteiger partial charge in [-0.2, -0.15) is 0 Å². The Balaban J connectivity index is 2.55. The molecule has 0 spiro atoms. The normalized spacial score (nSPS) is 12.5. The van der Waals surface area contributed by atoms with Crippen LogP contribution in [0, 0.1) is 10.8 Å². The van der Waals surface area contributed by atoms with Gasteiger partial charge in [0.1, 0.15) is 0 Å². The van der Waals surface area contributed by atoms with Crippen LogP contribution in [0.25, 0.3) is 0 Å². The first-order chi connectivity index (χ1) is 12.4. The van der Waals surface area contributed by atoms with Crippen molar-refractivity contribution in [1.29, 1.82) is 0 Å². The van der Waals surface area contributed by atoms with E-state index in [4.69, 9.17) is 0 Å². The van der Waals surface area contributed by atoms with E-state index in [1.54, 1.807) is 0 Å². The van der Waals surface area contributed by atoms with E-state index in [9.17, 15) is 15.3 Å². The summed E-state index contributed by atoms with van der Waals surface area (Å²) in [6.45, 7) is 13.5. The predicted molar refractivity (Wildman–Crippen MR) is 115 cm³/mol. The molecule has 156 valence electrons. The molecule has 0 aliphatic rings. The summed E-state index contributed by atoms with van der Waals surface area (Å²) in [5, 5.41) is 30.4. The molecule has 0 saturated carbocycles. The number of phenols is 3. The summed E-state index contributed by atoms with van der Waals surface area (Å²) in [5.41, 5.74) is 2.22. The van der Waals surface area contributed by atoms with Gasteiger partial charge in [-0.1, -0.05) is 67.2 Å². The second-order valence-corrected chi connectivity index (χ2v) is 10.5. The van der Waals surface area contributed by atoms with E-state index in [1.807, 2.05) is 6.07 Å². The van der Waals surface area contributed by atoms with Crippen molar-refractivity contribution in [1.82, 2.24) is 0 Å². The monoisotopic (exact) mass is 378 g/mol. The standard InChI is InChI=1S/C24H42O3/c1-23(2,3)15-11-8-7-9-13-18-17-19(21(26)22(27)20(18)25)14-10-12-16-24(4,5)6/h17,25-27H,7-16H2,1-6H3. The molecule has 0 radical (unpaired) electrons. The van der Waals surface area contributed by atoms with Crippen molar-refractivity contribution >= 4 is 0 Å². The molecule has 0 unspecified atom stereocenters. The van der Waals surface area contributed by atoms with Gasteiger partial charge in [-0.05, 0) is 66.5 Å². The molecule has 0 heterocycles. The van der Waals surface area contributed by atoms with Gasteiger partial charge >= 0.3 is 0 Å². The fourth-order valence-corrected chi connectivity index (χ4v) is 3.44. The van der Waals surface area contributed by atoms with Crippen LogP contribution in [0.1, 0.15) is 104 Å². The Hall–Kier alpha value is -1.38. The minimum absolute atomic E-state index is 0.152. The molecule has 1 aromatic carbocycles. The van der Waals surface area contributed by atoms with Gasteiger partial charge in [-0.25, -0.2) is 0 Å². The zero-order chi connectivity index (χ0) is 20.7. The van der Waals surface area contributed by atoms with Gasteiger partial charge in [-0.15, -0.1) is 0 Å². The maximum atomic E-state index is 10.2. The lowest BCUT2D eigenvalue weighted by Gasteiger charge is -2.18. The second-order valence-electron chi connectivity index (χ2n) is 10.5. The lowest BCUT2D eigenvalue weighted by Crippen LogP contribution is -2.04. The number of benzene rings is 1. The van der Waals surface area contributed by atoms with Crippen LogP contribution < -0.4 is 0 Å². The number of hydrogen-bond acceptors (Lipinski definition) is 3. The van der Waals surface area contributed by atoms with Crippen LogP contribution in [-0.2, 0) is 12.8 Å². The van der Waals surface area contributed by atoms with E-state index in [2.05, 4.69) is 41.5 Å². The molecule has 0 aromatic heterocycles. The zero-order valence-electron chi connectivity index (χ0n) is 18.5. The lowest BCUT2D eigenvalue weighted by atomic mass is 9.88. The molecule has 0 amide bonds. The van der Waals surface area contributed by atoms with Crippen molar-refractivity contribution in [2.75, 3.05) is 0 Å². The van der Waals surface area contributed by atoms with Crippen LogP contribution in [0.5, 0.6) is 17.2 Å². The van der Waals surface area contributed by atoms with Crippen LogP contribution in [0.2, 0.25) is 0 Å². The highest BCUT2D eigenvalue weighted by atomic mass is 16.3. The molecule has 0 saturated heterocycles. The Morgan fingerprint density at radius 1 is 0.556 bits per heavy atom. The summed E-state index contributed by atoms with van der Waals surface area (Å²) in [7, 11) is 0. The average Bonchev–Trinajstić information content (AvgIpc) is 2.53. The summed E-state index contributed by atoms with van der Waals surface area (Å²) in [6, 6.07) is 1.89. The van der Waals surface area contributed by atoms with Crippen LogP contribution in [-0.4, -0.2) is 15.3 Å². The summed E-state index contributed by atoms with van der Waals surface area (Å²) < 4.78 is 0. The van der Waals surface area contributed by atoms with Gasteiger partial charge in [0.25, 0.3) is 0 Å². The molecular weight excluding hydrogens is 336 g/mol. The average molecular weight is 379 g/mol. The highest BCUT2D eigenvalue weighted by Crippen LogP contribution is 2.41. The Morgan fingerprint density at radius 2 is 0.926 bits per heavy atom. The molecule has 0 bridgehead atoms. The summed E-state index contributed by atoms with van der Waals surface area (Å²) >= 11 is 0. The SMILES string of the molecule is CC(C)(C)CCCCCCc1cc(CCCCC(C)(C)C)c(O)c(O)c1O. The minimum atomic E-state index is -0.356. The molecule has 0 aliphatic heterocycles. The van der Waals surface area contributed by atoms with E-state index < -0.39 is 0 Å². The van der Waals surface area contributed by atoms with E-state index in [0.717, 1.165) is 56.1 Å². The van der Waals surface area contributed by atoms with E-state index in [0.29, 0.717) is 10.8 Å². The molecule has 3 N–H and O–H groups in total. The third-order valence-corrected chi connectivity index (χ3v) is 5.15. The van der Waals surface area contributed by atoms with Crippen molar-refractivity contribution in [2.45, 2.75) is 106 Å². The first kappa shape index (κ1) is 23.7. The maximum Gasteiger partial charge on any atom is 0.200 e. The van der Waals surface area contributed by atoms with Crippen LogP contribution in [0.4, 0.5) is 0 Å². The Labute approximate surface area is 166 Å². The molecule has 27 heavy (non-hydrogen) atoms. The highest BCUT2D eigenvalue weighted by molar-refractivity contribution is 5.57. The van der Waals surface area contributed by atoms with Gasteiger partial charge in [0.15, 0.2) is 11.5 Å². The van der Waals surface area contributed by atoms with Gasteiger partial charge in [0, 0.05) is 0 Å². The first-order valence-corrected chi connectivity index (χ1v) is 10.7. The second kappa shape index (κ2) is 10.2. The Kier molecular flexibility index (Phi) is 8.98.